The second-order valence-corrected chi connectivity index (χ2v) is 5.63. The van der Waals surface area contributed by atoms with Crippen molar-refractivity contribution in [1.29, 1.82) is 5.26 Å². The van der Waals surface area contributed by atoms with Crippen molar-refractivity contribution in [2.45, 2.75) is 0 Å². The molecule has 3 rings (SSSR count). The van der Waals surface area contributed by atoms with Crippen molar-refractivity contribution in [2.24, 2.45) is 0 Å². The highest BCUT2D eigenvalue weighted by molar-refractivity contribution is 5.51. The maximum atomic E-state index is 8.95. The van der Waals surface area contributed by atoms with E-state index in [9.17, 15) is 0 Å². The summed E-state index contributed by atoms with van der Waals surface area (Å²) in [5.74, 6) is 1.76. The van der Waals surface area contributed by atoms with Gasteiger partial charge in [0.05, 0.1) is 0 Å². The Labute approximate surface area is 135 Å². The lowest BCUT2D eigenvalue weighted by atomic mass is 10.2. The topological polar surface area (TPSA) is 72.2 Å². The van der Waals surface area contributed by atoms with Crippen LogP contribution in [-0.2, 0) is 0 Å². The Morgan fingerprint density at radius 3 is 2.39 bits per heavy atom. The molecule has 0 aliphatic carbocycles. The third-order valence-electron chi connectivity index (χ3n) is 3.92. The van der Waals surface area contributed by atoms with Crippen LogP contribution in [0.2, 0.25) is 0 Å². The fourth-order valence-electron chi connectivity index (χ4n) is 2.60. The highest BCUT2D eigenvalue weighted by Crippen LogP contribution is 2.20. The van der Waals surface area contributed by atoms with Gasteiger partial charge < -0.3 is 14.7 Å². The molecule has 1 fully saturated rings. The van der Waals surface area contributed by atoms with E-state index in [0.29, 0.717) is 5.69 Å². The minimum Gasteiger partial charge on any atom is -0.368 e. The summed E-state index contributed by atoms with van der Waals surface area (Å²) in [4.78, 5) is 10.4. The Kier molecular flexibility index (Phi) is 4.24. The molecule has 1 aliphatic heterocycles. The number of piperazine rings is 1. The lowest BCUT2D eigenvalue weighted by molar-refractivity contribution is 0.643. The van der Waals surface area contributed by atoms with E-state index in [2.05, 4.69) is 31.1 Å². The predicted octanol–water partition coefficient (Wildman–Crippen LogP) is 1.14. The monoisotopic (exact) mass is 309 g/mol. The molecule has 2 aromatic heterocycles. The fraction of sp³-hybridized carbons (Fsp3) is 0.375. The molecule has 2 aromatic rings. The summed E-state index contributed by atoms with van der Waals surface area (Å²) in [6.45, 7) is 3.51. The second-order valence-electron chi connectivity index (χ2n) is 5.63. The van der Waals surface area contributed by atoms with Gasteiger partial charge in [0.1, 0.15) is 11.8 Å². The van der Waals surface area contributed by atoms with Crippen molar-refractivity contribution < 1.29 is 0 Å². The molecule has 0 bridgehead atoms. The predicted molar refractivity (Wildman–Crippen MR) is 89.7 cm³/mol. The molecule has 7 heteroatoms. The summed E-state index contributed by atoms with van der Waals surface area (Å²) in [5, 5.41) is 17.5. The molecule has 1 aliphatic rings. The van der Waals surface area contributed by atoms with Crippen LogP contribution >= 0.6 is 0 Å². The van der Waals surface area contributed by atoms with E-state index in [1.54, 1.807) is 6.20 Å². The van der Waals surface area contributed by atoms with Crippen LogP contribution in [0.25, 0.3) is 0 Å². The van der Waals surface area contributed by atoms with E-state index < -0.39 is 0 Å². The maximum absolute atomic E-state index is 8.95. The van der Waals surface area contributed by atoms with Crippen molar-refractivity contribution in [2.75, 3.05) is 55.0 Å². The molecule has 0 aromatic carbocycles. The molecule has 0 saturated carbocycles. The van der Waals surface area contributed by atoms with E-state index in [4.69, 9.17) is 5.26 Å². The lowest BCUT2D eigenvalue weighted by Gasteiger charge is -2.36. The summed E-state index contributed by atoms with van der Waals surface area (Å²) in [7, 11) is 3.90. The largest absolute Gasteiger partial charge is 0.368 e. The number of nitrogens with zero attached hydrogens (tertiary/aromatic N) is 7. The third-order valence-corrected chi connectivity index (χ3v) is 3.92. The highest BCUT2D eigenvalue weighted by Gasteiger charge is 2.19. The van der Waals surface area contributed by atoms with Crippen molar-refractivity contribution in [1.82, 2.24) is 15.2 Å². The van der Waals surface area contributed by atoms with Crippen LogP contribution in [0.3, 0.4) is 0 Å². The Morgan fingerprint density at radius 2 is 1.78 bits per heavy atom. The smallest absolute Gasteiger partial charge is 0.151 e. The quantitative estimate of drug-likeness (QED) is 0.841. The zero-order valence-corrected chi connectivity index (χ0v) is 13.3. The van der Waals surface area contributed by atoms with Gasteiger partial charge in [-0.3, -0.25) is 0 Å². The van der Waals surface area contributed by atoms with Gasteiger partial charge in [0, 0.05) is 52.2 Å². The SMILES string of the molecule is CN(C)c1ccc(N2CCN(c3ccnc(C#N)c3)CC2)nn1. The third kappa shape index (κ3) is 3.31. The summed E-state index contributed by atoms with van der Waals surface area (Å²) in [6, 6.07) is 9.86. The van der Waals surface area contributed by atoms with E-state index in [0.717, 1.165) is 43.5 Å². The van der Waals surface area contributed by atoms with Gasteiger partial charge >= 0.3 is 0 Å². The van der Waals surface area contributed by atoms with Gasteiger partial charge in [-0.05, 0) is 24.3 Å². The van der Waals surface area contributed by atoms with E-state index >= 15 is 0 Å². The number of pyridine rings is 1. The van der Waals surface area contributed by atoms with Crippen LogP contribution in [0.15, 0.2) is 30.5 Å². The Morgan fingerprint density at radius 1 is 1.04 bits per heavy atom. The number of hydrogen-bond acceptors (Lipinski definition) is 7. The van der Waals surface area contributed by atoms with Crippen LogP contribution < -0.4 is 14.7 Å². The molecule has 23 heavy (non-hydrogen) atoms. The summed E-state index contributed by atoms with van der Waals surface area (Å²) in [5.41, 5.74) is 1.50. The Bertz CT molecular complexity index is 697. The molecule has 1 saturated heterocycles. The first-order chi connectivity index (χ1) is 11.2. The molecule has 7 nitrogen and oxygen atoms in total. The van der Waals surface area contributed by atoms with Gasteiger partial charge in [0.15, 0.2) is 11.6 Å². The molecule has 0 spiro atoms. The Hall–Kier alpha value is -2.88. The standard InChI is InChI=1S/C16H19N7/c1-21(2)15-3-4-16(20-19-15)23-9-7-22(8-10-23)14-5-6-18-13(11-14)12-17/h3-6,11H,7-10H2,1-2H3. The molecule has 118 valence electrons. The average molecular weight is 309 g/mol. The first-order valence-corrected chi connectivity index (χ1v) is 7.54. The molecule has 0 unspecified atom stereocenters. The minimum absolute atomic E-state index is 0.454. The number of rotatable bonds is 3. The summed E-state index contributed by atoms with van der Waals surface area (Å²) in [6.07, 6.45) is 1.69. The number of anilines is 3. The maximum Gasteiger partial charge on any atom is 0.151 e. The zero-order valence-electron chi connectivity index (χ0n) is 13.3. The van der Waals surface area contributed by atoms with Crippen LogP contribution in [0.5, 0.6) is 0 Å². The first kappa shape index (κ1) is 15.0. The number of hydrogen-bond donors (Lipinski definition) is 0. The average Bonchev–Trinajstić information content (AvgIpc) is 2.62. The minimum atomic E-state index is 0.454. The normalized spacial score (nSPS) is 14.5. The van der Waals surface area contributed by atoms with Gasteiger partial charge in [-0.1, -0.05) is 0 Å². The molecule has 0 atom stereocenters. The van der Waals surface area contributed by atoms with Crippen molar-refractivity contribution in [3.63, 3.8) is 0 Å². The molecular formula is C16H19N7. The fourth-order valence-corrected chi connectivity index (χ4v) is 2.60. The first-order valence-electron chi connectivity index (χ1n) is 7.54. The summed E-state index contributed by atoms with van der Waals surface area (Å²) >= 11 is 0. The van der Waals surface area contributed by atoms with Crippen molar-refractivity contribution in [3.8, 4) is 6.07 Å². The van der Waals surface area contributed by atoms with Gasteiger partial charge in [0.2, 0.25) is 0 Å². The van der Waals surface area contributed by atoms with Gasteiger partial charge in [-0.25, -0.2) is 4.98 Å². The lowest BCUT2D eigenvalue weighted by Crippen LogP contribution is -2.47. The van der Waals surface area contributed by atoms with Crippen LogP contribution in [0.1, 0.15) is 5.69 Å². The molecular weight excluding hydrogens is 290 g/mol. The molecule has 0 amide bonds. The van der Waals surface area contributed by atoms with E-state index in [1.807, 2.05) is 43.3 Å². The van der Waals surface area contributed by atoms with Crippen LogP contribution in [0, 0.1) is 11.3 Å². The molecule has 3 heterocycles. The van der Waals surface area contributed by atoms with Crippen LogP contribution in [0.4, 0.5) is 17.3 Å². The molecule has 0 radical (unpaired) electrons. The summed E-state index contributed by atoms with van der Waals surface area (Å²) < 4.78 is 0. The van der Waals surface area contributed by atoms with Gasteiger partial charge in [-0.15, -0.1) is 10.2 Å². The van der Waals surface area contributed by atoms with E-state index in [-0.39, 0.29) is 0 Å². The van der Waals surface area contributed by atoms with Crippen molar-refractivity contribution >= 4 is 17.3 Å². The highest BCUT2D eigenvalue weighted by atomic mass is 15.3. The van der Waals surface area contributed by atoms with E-state index in [1.165, 1.54) is 0 Å². The van der Waals surface area contributed by atoms with Gasteiger partial charge in [0.25, 0.3) is 0 Å². The van der Waals surface area contributed by atoms with Gasteiger partial charge in [-0.2, -0.15) is 5.26 Å². The number of nitriles is 1. The Balaban J connectivity index is 1.65. The molecule has 0 N–H and O–H groups in total. The number of aromatic nitrogens is 3. The zero-order chi connectivity index (χ0) is 16.2. The van der Waals surface area contributed by atoms with Crippen LogP contribution in [-0.4, -0.2) is 55.5 Å². The van der Waals surface area contributed by atoms with Crippen molar-refractivity contribution in [3.05, 3.63) is 36.2 Å². The second kappa shape index (κ2) is 6.48.